The van der Waals surface area contributed by atoms with Gasteiger partial charge in [-0.05, 0) is 31.6 Å². The van der Waals surface area contributed by atoms with Crippen LogP contribution in [-0.4, -0.2) is 30.6 Å². The summed E-state index contributed by atoms with van der Waals surface area (Å²) in [7, 11) is 0. The molecule has 2 heterocycles. The Kier molecular flexibility index (Phi) is 2.43. The third kappa shape index (κ3) is 1.79. The number of hydrogen-bond donors (Lipinski definition) is 1. The monoisotopic (exact) mass is 180 g/mol. The maximum Gasteiger partial charge on any atom is 0.0120 e. The Morgan fingerprint density at radius 3 is 2.54 bits per heavy atom. The third-order valence-electron chi connectivity index (χ3n) is 3.53. The zero-order valence-electron chi connectivity index (χ0n) is 8.50. The minimum absolute atomic E-state index is 0.515. The summed E-state index contributed by atoms with van der Waals surface area (Å²) in [5.41, 5.74) is 7.30. The molecule has 13 heavy (non-hydrogen) atoms. The molecule has 2 bridgehead atoms. The van der Waals surface area contributed by atoms with E-state index in [9.17, 15) is 0 Å². The topological polar surface area (TPSA) is 29.3 Å². The lowest BCUT2D eigenvalue weighted by Gasteiger charge is -2.52. The summed E-state index contributed by atoms with van der Waals surface area (Å²) in [5.74, 6) is 1.59. The van der Waals surface area contributed by atoms with E-state index in [2.05, 4.69) is 18.4 Å². The van der Waals surface area contributed by atoms with Crippen LogP contribution in [0.5, 0.6) is 0 Å². The van der Waals surface area contributed by atoms with Crippen LogP contribution in [0.1, 0.15) is 19.8 Å². The first kappa shape index (κ1) is 9.22. The zero-order valence-corrected chi connectivity index (χ0v) is 8.50. The number of hydrogen-bond acceptors (Lipinski definition) is 2. The van der Waals surface area contributed by atoms with Crippen LogP contribution in [0.4, 0.5) is 0 Å². The van der Waals surface area contributed by atoms with Gasteiger partial charge in [0.05, 0.1) is 0 Å². The highest BCUT2D eigenvalue weighted by molar-refractivity contribution is 5.00. The second kappa shape index (κ2) is 3.43. The molecule has 3 fully saturated rings. The molecule has 0 amide bonds. The summed E-state index contributed by atoms with van der Waals surface area (Å²) < 4.78 is 0. The van der Waals surface area contributed by atoms with Crippen molar-refractivity contribution in [3.8, 4) is 0 Å². The summed E-state index contributed by atoms with van der Waals surface area (Å²) >= 11 is 0. The van der Waals surface area contributed by atoms with Gasteiger partial charge in [0.25, 0.3) is 0 Å². The SMILES string of the molecule is C=C(C)CCN1CC2CC(C1)C2N. The molecule has 2 aliphatic heterocycles. The molecule has 0 aromatic carbocycles. The second-order valence-corrected chi connectivity index (χ2v) is 4.80. The van der Waals surface area contributed by atoms with E-state index in [1.165, 1.54) is 31.6 Å². The van der Waals surface area contributed by atoms with Crippen LogP contribution in [0.15, 0.2) is 12.2 Å². The first-order chi connectivity index (χ1) is 6.16. The number of nitrogens with two attached hydrogens (primary N) is 1. The zero-order chi connectivity index (χ0) is 9.42. The van der Waals surface area contributed by atoms with E-state index in [0.29, 0.717) is 6.04 Å². The highest BCUT2D eigenvalue weighted by atomic mass is 15.2. The van der Waals surface area contributed by atoms with Gasteiger partial charge in [-0.3, -0.25) is 0 Å². The Hall–Kier alpha value is -0.340. The van der Waals surface area contributed by atoms with Gasteiger partial charge in [0.1, 0.15) is 0 Å². The van der Waals surface area contributed by atoms with Crippen molar-refractivity contribution < 1.29 is 0 Å². The van der Waals surface area contributed by atoms with Gasteiger partial charge in [-0.25, -0.2) is 0 Å². The van der Waals surface area contributed by atoms with Crippen molar-refractivity contribution in [1.82, 2.24) is 4.90 Å². The second-order valence-electron chi connectivity index (χ2n) is 4.80. The van der Waals surface area contributed by atoms with Crippen molar-refractivity contribution in [2.24, 2.45) is 17.6 Å². The quantitative estimate of drug-likeness (QED) is 0.662. The molecule has 2 heteroatoms. The fourth-order valence-electron chi connectivity index (χ4n) is 2.55. The number of fused-ring (bicyclic) bond motifs is 2. The van der Waals surface area contributed by atoms with Gasteiger partial charge >= 0.3 is 0 Å². The van der Waals surface area contributed by atoms with E-state index in [4.69, 9.17) is 5.73 Å². The largest absolute Gasteiger partial charge is 0.327 e. The van der Waals surface area contributed by atoms with Gasteiger partial charge in [-0.2, -0.15) is 0 Å². The smallest absolute Gasteiger partial charge is 0.0120 e. The fourth-order valence-corrected chi connectivity index (χ4v) is 2.55. The maximum absolute atomic E-state index is 6.00. The Bertz CT molecular complexity index is 200. The third-order valence-corrected chi connectivity index (χ3v) is 3.53. The Balaban J connectivity index is 1.76. The van der Waals surface area contributed by atoms with Crippen LogP contribution < -0.4 is 5.73 Å². The first-order valence-electron chi connectivity index (χ1n) is 5.29. The van der Waals surface area contributed by atoms with Crippen molar-refractivity contribution in [2.45, 2.75) is 25.8 Å². The van der Waals surface area contributed by atoms with Gasteiger partial charge in [-0.1, -0.05) is 5.57 Å². The molecule has 2 nitrogen and oxygen atoms in total. The van der Waals surface area contributed by atoms with Gasteiger partial charge < -0.3 is 10.6 Å². The predicted octanol–water partition coefficient (Wildman–Crippen LogP) is 1.23. The molecule has 74 valence electrons. The molecule has 1 saturated carbocycles. The van der Waals surface area contributed by atoms with E-state index in [1.807, 2.05) is 0 Å². The van der Waals surface area contributed by atoms with E-state index < -0.39 is 0 Å². The summed E-state index contributed by atoms with van der Waals surface area (Å²) in [5, 5.41) is 0. The Labute approximate surface area is 80.8 Å². The van der Waals surface area contributed by atoms with E-state index in [0.717, 1.165) is 18.3 Å². The summed E-state index contributed by atoms with van der Waals surface area (Å²) in [6.45, 7) is 9.68. The van der Waals surface area contributed by atoms with E-state index in [1.54, 1.807) is 0 Å². The van der Waals surface area contributed by atoms with Crippen LogP contribution in [0.25, 0.3) is 0 Å². The first-order valence-corrected chi connectivity index (χ1v) is 5.29. The van der Waals surface area contributed by atoms with Crippen molar-refractivity contribution in [1.29, 1.82) is 0 Å². The van der Waals surface area contributed by atoms with Crippen molar-refractivity contribution >= 4 is 0 Å². The average Bonchev–Trinajstić information content (AvgIpc) is 2.14. The lowest BCUT2D eigenvalue weighted by molar-refractivity contribution is 0.00360. The minimum Gasteiger partial charge on any atom is -0.327 e. The molecule has 1 aliphatic carbocycles. The summed E-state index contributed by atoms with van der Waals surface area (Å²) in [4.78, 5) is 2.55. The van der Waals surface area contributed by atoms with Gasteiger partial charge in [0.15, 0.2) is 0 Å². The lowest BCUT2D eigenvalue weighted by Crippen LogP contribution is -2.61. The molecule has 2 atom stereocenters. The molecular formula is C11H20N2. The number of piperidine rings is 2. The fraction of sp³-hybridized carbons (Fsp3) is 0.818. The maximum atomic E-state index is 6.00. The number of nitrogens with zero attached hydrogens (tertiary/aromatic N) is 1. The van der Waals surface area contributed by atoms with Gasteiger partial charge in [0.2, 0.25) is 0 Å². The van der Waals surface area contributed by atoms with Crippen molar-refractivity contribution in [3.05, 3.63) is 12.2 Å². The lowest BCUT2D eigenvalue weighted by atomic mass is 9.67. The van der Waals surface area contributed by atoms with Crippen molar-refractivity contribution in [2.75, 3.05) is 19.6 Å². The van der Waals surface area contributed by atoms with Crippen LogP contribution in [-0.2, 0) is 0 Å². The predicted molar refractivity (Wildman–Crippen MR) is 55.4 cm³/mol. The van der Waals surface area contributed by atoms with Crippen molar-refractivity contribution in [3.63, 3.8) is 0 Å². The summed E-state index contributed by atoms with van der Waals surface area (Å²) in [6, 6.07) is 0.515. The van der Waals surface area contributed by atoms with Crippen LogP contribution in [0, 0.1) is 11.8 Å². The molecule has 2 unspecified atom stereocenters. The Morgan fingerprint density at radius 2 is 2.08 bits per heavy atom. The average molecular weight is 180 g/mol. The Morgan fingerprint density at radius 1 is 1.46 bits per heavy atom. The molecule has 2 saturated heterocycles. The normalized spacial score (nSPS) is 38.5. The minimum atomic E-state index is 0.515. The number of rotatable bonds is 3. The standard InChI is InChI=1S/C11H20N2/c1-8(2)3-4-13-6-9-5-10(7-13)11(9)12/h9-11H,1,3-7,12H2,2H3. The molecule has 0 aromatic rings. The molecule has 0 aromatic heterocycles. The molecule has 3 rings (SSSR count). The van der Waals surface area contributed by atoms with Gasteiger partial charge in [-0.15, -0.1) is 6.58 Å². The van der Waals surface area contributed by atoms with Crippen LogP contribution in [0.2, 0.25) is 0 Å². The molecular weight excluding hydrogens is 160 g/mol. The molecule has 3 aliphatic rings. The highest BCUT2D eigenvalue weighted by Gasteiger charge is 2.43. The molecule has 0 radical (unpaired) electrons. The van der Waals surface area contributed by atoms with Crippen LogP contribution in [0.3, 0.4) is 0 Å². The van der Waals surface area contributed by atoms with E-state index >= 15 is 0 Å². The highest BCUT2D eigenvalue weighted by Crippen LogP contribution is 2.38. The molecule has 0 spiro atoms. The molecule has 2 N–H and O–H groups in total. The van der Waals surface area contributed by atoms with E-state index in [-0.39, 0.29) is 0 Å². The summed E-state index contributed by atoms with van der Waals surface area (Å²) in [6.07, 6.45) is 2.53. The van der Waals surface area contributed by atoms with Crippen LogP contribution >= 0.6 is 0 Å². The van der Waals surface area contributed by atoms with Gasteiger partial charge in [0, 0.05) is 25.7 Å².